The molecule has 0 spiro atoms. The molecule has 0 aromatic heterocycles. The van der Waals surface area contributed by atoms with Gasteiger partial charge in [0, 0.05) is 6.04 Å². The number of ether oxygens (including phenoxy) is 3. The molecule has 1 aliphatic rings. The second kappa shape index (κ2) is 9.30. The highest BCUT2D eigenvalue weighted by Crippen LogP contribution is 2.28. The first-order valence-corrected chi connectivity index (χ1v) is 8.87. The van der Waals surface area contributed by atoms with Crippen molar-refractivity contribution in [3.05, 3.63) is 23.8 Å². The van der Waals surface area contributed by atoms with Gasteiger partial charge in [0.2, 0.25) is 0 Å². The molecule has 0 heterocycles. The van der Waals surface area contributed by atoms with E-state index >= 15 is 0 Å². The lowest BCUT2D eigenvalue weighted by molar-refractivity contribution is -0.130. The van der Waals surface area contributed by atoms with Crippen molar-refractivity contribution < 1.29 is 23.8 Å². The molecule has 1 saturated carbocycles. The first kappa shape index (κ1) is 19.1. The Kier molecular flexibility index (Phi) is 7.10. The van der Waals surface area contributed by atoms with Crippen LogP contribution in [0.2, 0.25) is 0 Å². The number of carbonyl (C=O) groups excluding carboxylic acids is 2. The van der Waals surface area contributed by atoms with Gasteiger partial charge in [-0.05, 0) is 44.9 Å². The summed E-state index contributed by atoms with van der Waals surface area (Å²) in [5.41, 5.74) is 0.321. The first-order valence-electron chi connectivity index (χ1n) is 8.87. The second-order valence-corrected chi connectivity index (χ2v) is 6.19. The molecule has 6 heteroatoms. The Bertz CT molecular complexity index is 595. The smallest absolute Gasteiger partial charge is 0.339 e. The molecule has 1 fully saturated rings. The van der Waals surface area contributed by atoms with Gasteiger partial charge in [0.1, 0.15) is 0 Å². The zero-order valence-electron chi connectivity index (χ0n) is 15.2. The summed E-state index contributed by atoms with van der Waals surface area (Å²) < 4.78 is 16.0. The Hall–Kier alpha value is -2.24. The maximum Gasteiger partial charge on any atom is 0.339 e. The molecule has 0 aliphatic heterocycles. The topological polar surface area (TPSA) is 73.9 Å². The molecule has 0 radical (unpaired) electrons. The van der Waals surface area contributed by atoms with Crippen molar-refractivity contribution >= 4 is 11.9 Å². The van der Waals surface area contributed by atoms with E-state index in [0.29, 0.717) is 23.7 Å². The molecule has 1 aliphatic carbocycles. The van der Waals surface area contributed by atoms with E-state index in [0.717, 1.165) is 25.7 Å². The molecule has 1 amide bonds. The van der Waals surface area contributed by atoms with Crippen LogP contribution in [0.5, 0.6) is 11.5 Å². The summed E-state index contributed by atoms with van der Waals surface area (Å²) in [5, 5.41) is 2.96. The minimum absolute atomic E-state index is 0.188. The van der Waals surface area contributed by atoms with E-state index in [9.17, 15) is 9.59 Å². The van der Waals surface area contributed by atoms with Gasteiger partial charge in [-0.3, -0.25) is 4.79 Å². The lowest BCUT2D eigenvalue weighted by atomic mass is 9.95. The fourth-order valence-corrected chi connectivity index (χ4v) is 2.92. The van der Waals surface area contributed by atoms with Gasteiger partial charge in [0.15, 0.2) is 17.6 Å². The van der Waals surface area contributed by atoms with Gasteiger partial charge in [0.25, 0.3) is 5.91 Å². The van der Waals surface area contributed by atoms with Crippen LogP contribution in [-0.2, 0) is 9.53 Å². The number of rotatable bonds is 7. The van der Waals surface area contributed by atoms with Crippen LogP contribution in [0.25, 0.3) is 0 Å². The Morgan fingerprint density at radius 2 is 1.92 bits per heavy atom. The summed E-state index contributed by atoms with van der Waals surface area (Å²) in [4.78, 5) is 24.5. The molecule has 0 saturated heterocycles. The van der Waals surface area contributed by atoms with Crippen molar-refractivity contribution in [3.63, 3.8) is 0 Å². The zero-order chi connectivity index (χ0) is 18.2. The minimum atomic E-state index is -0.841. The molecule has 1 unspecified atom stereocenters. The second-order valence-electron chi connectivity index (χ2n) is 6.19. The molecule has 0 bridgehead atoms. The van der Waals surface area contributed by atoms with Crippen molar-refractivity contribution in [2.24, 2.45) is 0 Å². The predicted octanol–water partition coefficient (Wildman–Crippen LogP) is 3.09. The van der Waals surface area contributed by atoms with E-state index in [1.165, 1.54) is 13.5 Å². The Labute approximate surface area is 148 Å². The number of nitrogens with one attached hydrogen (secondary N) is 1. The van der Waals surface area contributed by atoms with Crippen molar-refractivity contribution in [2.75, 3.05) is 13.7 Å². The van der Waals surface area contributed by atoms with E-state index in [4.69, 9.17) is 14.2 Å². The number of hydrogen-bond acceptors (Lipinski definition) is 5. The fraction of sp³-hybridized carbons (Fsp3) is 0.579. The van der Waals surface area contributed by atoms with Crippen molar-refractivity contribution in [2.45, 2.75) is 58.1 Å². The summed E-state index contributed by atoms with van der Waals surface area (Å²) in [6.45, 7) is 3.89. The standard InChI is InChI=1S/C19H27NO5/c1-4-24-17-12-14(10-11-16(17)23-3)19(22)25-13(2)18(21)20-15-8-6-5-7-9-15/h10-13,15H,4-9H2,1-3H3,(H,20,21). The molecule has 25 heavy (non-hydrogen) atoms. The summed E-state index contributed by atoms with van der Waals surface area (Å²) >= 11 is 0. The van der Waals surface area contributed by atoms with Crippen molar-refractivity contribution in [1.82, 2.24) is 5.32 Å². The highest BCUT2D eigenvalue weighted by atomic mass is 16.5. The molecular formula is C19H27NO5. The van der Waals surface area contributed by atoms with Crippen LogP contribution in [-0.4, -0.2) is 37.7 Å². The summed E-state index contributed by atoms with van der Waals surface area (Å²) in [6.07, 6.45) is 4.62. The molecule has 1 aromatic carbocycles. The lowest BCUT2D eigenvalue weighted by Crippen LogP contribution is -2.42. The van der Waals surface area contributed by atoms with Gasteiger partial charge in [0.05, 0.1) is 19.3 Å². The van der Waals surface area contributed by atoms with Crippen LogP contribution in [0.3, 0.4) is 0 Å². The van der Waals surface area contributed by atoms with E-state index in [-0.39, 0.29) is 11.9 Å². The van der Waals surface area contributed by atoms with E-state index < -0.39 is 12.1 Å². The number of methoxy groups -OCH3 is 1. The van der Waals surface area contributed by atoms with Crippen LogP contribution < -0.4 is 14.8 Å². The molecule has 1 aromatic rings. The molecule has 1 N–H and O–H groups in total. The van der Waals surface area contributed by atoms with Crippen LogP contribution >= 0.6 is 0 Å². The number of hydrogen-bond donors (Lipinski definition) is 1. The lowest BCUT2D eigenvalue weighted by Gasteiger charge is -2.24. The monoisotopic (exact) mass is 349 g/mol. The third kappa shape index (κ3) is 5.37. The Morgan fingerprint density at radius 3 is 2.56 bits per heavy atom. The largest absolute Gasteiger partial charge is 0.493 e. The number of esters is 1. The average molecular weight is 349 g/mol. The molecule has 6 nitrogen and oxygen atoms in total. The van der Waals surface area contributed by atoms with Crippen molar-refractivity contribution in [3.8, 4) is 11.5 Å². The van der Waals surface area contributed by atoms with Gasteiger partial charge in [-0.15, -0.1) is 0 Å². The first-order chi connectivity index (χ1) is 12.0. The van der Waals surface area contributed by atoms with Crippen molar-refractivity contribution in [1.29, 1.82) is 0 Å². The highest BCUT2D eigenvalue weighted by molar-refractivity contribution is 5.92. The van der Waals surface area contributed by atoms with Gasteiger partial charge in [-0.1, -0.05) is 19.3 Å². The third-order valence-electron chi connectivity index (χ3n) is 4.30. The Balaban J connectivity index is 1.95. The van der Waals surface area contributed by atoms with E-state index in [2.05, 4.69) is 5.32 Å². The number of benzene rings is 1. The SMILES string of the molecule is CCOc1cc(C(=O)OC(C)C(=O)NC2CCCCC2)ccc1OC. The number of carbonyl (C=O) groups is 2. The van der Waals surface area contributed by atoms with Gasteiger partial charge in [-0.25, -0.2) is 4.79 Å². The Morgan fingerprint density at radius 1 is 1.20 bits per heavy atom. The molecule has 138 valence electrons. The molecular weight excluding hydrogens is 322 g/mol. The highest BCUT2D eigenvalue weighted by Gasteiger charge is 2.23. The fourth-order valence-electron chi connectivity index (χ4n) is 2.92. The van der Waals surface area contributed by atoms with Gasteiger partial charge < -0.3 is 19.5 Å². The summed E-state index contributed by atoms with van der Waals surface area (Å²) in [6, 6.07) is 4.99. The van der Waals surface area contributed by atoms with E-state index in [1.807, 2.05) is 6.92 Å². The van der Waals surface area contributed by atoms with Crippen LogP contribution in [0.1, 0.15) is 56.3 Å². The predicted molar refractivity (Wildman–Crippen MR) is 94.1 cm³/mol. The summed E-state index contributed by atoms with van der Waals surface area (Å²) in [7, 11) is 1.54. The van der Waals surface area contributed by atoms with Crippen LogP contribution in [0.4, 0.5) is 0 Å². The van der Waals surface area contributed by atoms with Gasteiger partial charge >= 0.3 is 5.97 Å². The maximum absolute atomic E-state index is 12.3. The maximum atomic E-state index is 12.3. The zero-order valence-corrected chi connectivity index (χ0v) is 15.2. The van der Waals surface area contributed by atoms with Crippen LogP contribution in [0, 0.1) is 0 Å². The molecule has 2 rings (SSSR count). The third-order valence-corrected chi connectivity index (χ3v) is 4.30. The average Bonchev–Trinajstić information content (AvgIpc) is 2.62. The minimum Gasteiger partial charge on any atom is -0.493 e. The quantitative estimate of drug-likeness (QED) is 0.766. The van der Waals surface area contributed by atoms with Gasteiger partial charge in [-0.2, -0.15) is 0 Å². The summed E-state index contributed by atoms with van der Waals surface area (Å²) in [5.74, 6) is 0.203. The number of amides is 1. The molecule has 1 atom stereocenters. The van der Waals surface area contributed by atoms with Crippen LogP contribution in [0.15, 0.2) is 18.2 Å². The normalized spacial score (nSPS) is 16.0. The van der Waals surface area contributed by atoms with E-state index in [1.54, 1.807) is 25.1 Å².